The van der Waals surface area contributed by atoms with Gasteiger partial charge in [0.2, 0.25) is 5.91 Å². The van der Waals surface area contributed by atoms with Gasteiger partial charge in [-0.2, -0.15) is 0 Å². The van der Waals surface area contributed by atoms with Gasteiger partial charge in [0, 0.05) is 37.8 Å². The number of carbonyl (C=O) groups excluding carboxylic acids is 1. The molecule has 0 bridgehead atoms. The molecule has 1 aliphatic rings. The van der Waals surface area contributed by atoms with Crippen molar-refractivity contribution in [1.82, 2.24) is 9.88 Å². The normalized spacial score (nSPS) is 19.8. The van der Waals surface area contributed by atoms with Crippen LogP contribution in [0.2, 0.25) is 0 Å². The van der Waals surface area contributed by atoms with E-state index in [1.54, 1.807) is 6.20 Å². The van der Waals surface area contributed by atoms with Gasteiger partial charge in [-0.05, 0) is 18.9 Å². The SMILES string of the molecule is CCNc1ncccc1CN1CC(C)CC1=O. The lowest BCUT2D eigenvalue weighted by atomic mass is 10.2. The van der Waals surface area contributed by atoms with Crippen LogP contribution >= 0.6 is 0 Å². The fraction of sp³-hybridized carbons (Fsp3) is 0.538. The summed E-state index contributed by atoms with van der Waals surface area (Å²) < 4.78 is 0. The average molecular weight is 233 g/mol. The predicted molar refractivity (Wildman–Crippen MR) is 67.6 cm³/mol. The summed E-state index contributed by atoms with van der Waals surface area (Å²) in [5, 5.41) is 3.23. The van der Waals surface area contributed by atoms with Gasteiger partial charge in [-0.3, -0.25) is 4.79 Å². The Kier molecular flexibility index (Phi) is 3.61. The average Bonchev–Trinajstić information content (AvgIpc) is 2.61. The van der Waals surface area contributed by atoms with E-state index in [0.29, 0.717) is 18.9 Å². The number of carbonyl (C=O) groups is 1. The van der Waals surface area contributed by atoms with Crippen LogP contribution in [0.3, 0.4) is 0 Å². The van der Waals surface area contributed by atoms with Gasteiger partial charge in [0.1, 0.15) is 5.82 Å². The second-order valence-electron chi connectivity index (χ2n) is 4.63. The maximum atomic E-state index is 11.7. The Bertz CT molecular complexity index is 405. The fourth-order valence-corrected chi connectivity index (χ4v) is 2.22. The number of nitrogens with zero attached hydrogens (tertiary/aromatic N) is 2. The molecule has 4 heteroatoms. The Labute approximate surface area is 102 Å². The largest absolute Gasteiger partial charge is 0.370 e. The van der Waals surface area contributed by atoms with Crippen LogP contribution in [0.5, 0.6) is 0 Å². The van der Waals surface area contributed by atoms with Crippen LogP contribution in [0.15, 0.2) is 18.3 Å². The van der Waals surface area contributed by atoms with Gasteiger partial charge in [0.05, 0.1) is 0 Å². The lowest BCUT2D eigenvalue weighted by molar-refractivity contribution is -0.128. The topological polar surface area (TPSA) is 45.2 Å². The van der Waals surface area contributed by atoms with E-state index in [2.05, 4.69) is 17.2 Å². The third-order valence-corrected chi connectivity index (χ3v) is 3.00. The van der Waals surface area contributed by atoms with E-state index in [1.807, 2.05) is 24.0 Å². The lowest BCUT2D eigenvalue weighted by Gasteiger charge is -2.18. The minimum Gasteiger partial charge on any atom is -0.370 e. The first kappa shape index (κ1) is 11.9. The van der Waals surface area contributed by atoms with Crippen LogP contribution in [-0.2, 0) is 11.3 Å². The highest BCUT2D eigenvalue weighted by Gasteiger charge is 2.26. The van der Waals surface area contributed by atoms with Gasteiger partial charge in [-0.15, -0.1) is 0 Å². The highest BCUT2D eigenvalue weighted by molar-refractivity contribution is 5.78. The molecule has 17 heavy (non-hydrogen) atoms. The van der Waals surface area contributed by atoms with Crippen LogP contribution in [0, 0.1) is 5.92 Å². The second kappa shape index (κ2) is 5.17. The van der Waals surface area contributed by atoms with E-state index in [9.17, 15) is 4.79 Å². The number of hydrogen-bond donors (Lipinski definition) is 1. The standard InChI is InChI=1S/C13H19N3O/c1-3-14-13-11(5-4-6-15-13)9-16-8-10(2)7-12(16)17/h4-6,10H,3,7-9H2,1-2H3,(H,14,15). The number of amides is 1. The third-order valence-electron chi connectivity index (χ3n) is 3.00. The predicted octanol–water partition coefficient (Wildman–Crippen LogP) is 1.88. The molecule has 1 saturated heterocycles. The van der Waals surface area contributed by atoms with Crippen molar-refractivity contribution in [2.75, 3.05) is 18.4 Å². The molecule has 1 atom stereocenters. The first-order chi connectivity index (χ1) is 8.20. The van der Waals surface area contributed by atoms with Gasteiger partial charge < -0.3 is 10.2 Å². The van der Waals surface area contributed by atoms with Gasteiger partial charge in [-0.1, -0.05) is 13.0 Å². The van der Waals surface area contributed by atoms with Gasteiger partial charge in [0.25, 0.3) is 0 Å². The highest BCUT2D eigenvalue weighted by atomic mass is 16.2. The molecule has 0 aromatic carbocycles. The third kappa shape index (κ3) is 2.75. The highest BCUT2D eigenvalue weighted by Crippen LogP contribution is 2.21. The van der Waals surface area contributed by atoms with Crippen molar-refractivity contribution in [1.29, 1.82) is 0 Å². The molecule has 1 aliphatic heterocycles. The molecular formula is C13H19N3O. The van der Waals surface area contributed by atoms with Crippen molar-refractivity contribution in [3.63, 3.8) is 0 Å². The lowest BCUT2D eigenvalue weighted by Crippen LogP contribution is -2.25. The quantitative estimate of drug-likeness (QED) is 0.863. The van der Waals surface area contributed by atoms with E-state index in [4.69, 9.17) is 0 Å². The van der Waals surface area contributed by atoms with Crippen molar-refractivity contribution in [3.05, 3.63) is 23.9 Å². The molecule has 1 amide bonds. The molecule has 4 nitrogen and oxygen atoms in total. The zero-order valence-corrected chi connectivity index (χ0v) is 10.4. The molecule has 92 valence electrons. The van der Waals surface area contributed by atoms with Gasteiger partial charge >= 0.3 is 0 Å². The summed E-state index contributed by atoms with van der Waals surface area (Å²) in [4.78, 5) is 18.0. The molecule has 2 rings (SSSR count). The van der Waals surface area contributed by atoms with E-state index in [0.717, 1.165) is 24.5 Å². The maximum Gasteiger partial charge on any atom is 0.223 e. The van der Waals surface area contributed by atoms with E-state index < -0.39 is 0 Å². The second-order valence-corrected chi connectivity index (χ2v) is 4.63. The maximum absolute atomic E-state index is 11.7. The van der Waals surface area contributed by atoms with Crippen LogP contribution in [0.4, 0.5) is 5.82 Å². The zero-order valence-electron chi connectivity index (χ0n) is 10.4. The summed E-state index contributed by atoms with van der Waals surface area (Å²) in [6.45, 7) is 6.53. The summed E-state index contributed by atoms with van der Waals surface area (Å²) in [6.07, 6.45) is 2.45. The number of aromatic nitrogens is 1. The molecule has 1 fully saturated rings. The number of rotatable bonds is 4. The zero-order chi connectivity index (χ0) is 12.3. The smallest absolute Gasteiger partial charge is 0.223 e. The molecule has 1 aromatic rings. The number of nitrogens with one attached hydrogen (secondary N) is 1. The van der Waals surface area contributed by atoms with Crippen LogP contribution < -0.4 is 5.32 Å². The number of anilines is 1. The van der Waals surface area contributed by atoms with Crippen molar-refractivity contribution < 1.29 is 4.79 Å². The summed E-state index contributed by atoms with van der Waals surface area (Å²) in [5.41, 5.74) is 1.09. The molecule has 0 saturated carbocycles. The number of hydrogen-bond acceptors (Lipinski definition) is 3. The number of likely N-dealkylation sites (tertiary alicyclic amines) is 1. The Balaban J connectivity index is 2.10. The minimum atomic E-state index is 0.254. The molecule has 0 spiro atoms. The van der Waals surface area contributed by atoms with E-state index in [1.165, 1.54) is 0 Å². The van der Waals surface area contributed by atoms with Crippen molar-refractivity contribution >= 4 is 11.7 Å². The Hall–Kier alpha value is -1.58. The minimum absolute atomic E-state index is 0.254. The van der Waals surface area contributed by atoms with Crippen molar-refractivity contribution in [2.24, 2.45) is 5.92 Å². The number of pyridine rings is 1. The first-order valence-corrected chi connectivity index (χ1v) is 6.16. The summed E-state index contributed by atoms with van der Waals surface area (Å²) in [5.74, 6) is 1.62. The first-order valence-electron chi connectivity index (χ1n) is 6.16. The fourth-order valence-electron chi connectivity index (χ4n) is 2.22. The van der Waals surface area contributed by atoms with Crippen molar-refractivity contribution in [3.8, 4) is 0 Å². The Morgan fingerprint density at radius 3 is 3.06 bits per heavy atom. The molecular weight excluding hydrogens is 214 g/mol. The van der Waals surface area contributed by atoms with E-state index >= 15 is 0 Å². The Morgan fingerprint density at radius 1 is 1.59 bits per heavy atom. The molecule has 0 radical (unpaired) electrons. The Morgan fingerprint density at radius 2 is 2.41 bits per heavy atom. The molecule has 1 unspecified atom stereocenters. The van der Waals surface area contributed by atoms with Gasteiger partial charge in [0.15, 0.2) is 0 Å². The van der Waals surface area contributed by atoms with Crippen LogP contribution in [0.25, 0.3) is 0 Å². The molecule has 0 aliphatic carbocycles. The molecule has 1 N–H and O–H groups in total. The van der Waals surface area contributed by atoms with Crippen molar-refractivity contribution in [2.45, 2.75) is 26.8 Å². The monoisotopic (exact) mass is 233 g/mol. The summed E-state index contributed by atoms with van der Waals surface area (Å²) >= 11 is 0. The van der Waals surface area contributed by atoms with Crippen LogP contribution in [-0.4, -0.2) is 28.9 Å². The van der Waals surface area contributed by atoms with Crippen LogP contribution in [0.1, 0.15) is 25.8 Å². The summed E-state index contributed by atoms with van der Waals surface area (Å²) in [6, 6.07) is 3.95. The molecule has 1 aromatic heterocycles. The van der Waals surface area contributed by atoms with E-state index in [-0.39, 0.29) is 5.91 Å². The van der Waals surface area contributed by atoms with Gasteiger partial charge in [-0.25, -0.2) is 4.98 Å². The summed E-state index contributed by atoms with van der Waals surface area (Å²) in [7, 11) is 0. The molecule has 2 heterocycles.